The van der Waals surface area contributed by atoms with Crippen molar-refractivity contribution in [1.29, 1.82) is 0 Å². The molecule has 1 heteroatoms. The zero-order valence-corrected chi connectivity index (χ0v) is 9.53. The predicted octanol–water partition coefficient (Wildman–Crippen LogP) is 3.20. The van der Waals surface area contributed by atoms with E-state index in [-0.39, 0.29) is 0 Å². The van der Waals surface area contributed by atoms with Crippen molar-refractivity contribution in [2.45, 2.75) is 52.9 Å². The van der Waals surface area contributed by atoms with Crippen LogP contribution in [0.15, 0.2) is 0 Å². The van der Waals surface area contributed by atoms with Crippen LogP contribution in [-0.2, 0) is 0 Å². The maximum atomic E-state index is 3.44. The summed E-state index contributed by atoms with van der Waals surface area (Å²) < 4.78 is 0. The van der Waals surface area contributed by atoms with Gasteiger partial charge in [0.1, 0.15) is 0 Å². The highest BCUT2D eigenvalue weighted by Crippen LogP contribution is 2.37. The Morgan fingerprint density at radius 1 is 1.15 bits per heavy atom. The number of hydrogen-bond donors (Lipinski definition) is 1. The fraction of sp³-hybridized carbons (Fsp3) is 1.00. The van der Waals surface area contributed by atoms with E-state index in [2.05, 4.69) is 26.1 Å². The zero-order valence-electron chi connectivity index (χ0n) is 9.53. The van der Waals surface area contributed by atoms with Crippen LogP contribution in [-0.4, -0.2) is 13.1 Å². The first-order valence-corrected chi connectivity index (χ1v) is 5.97. The van der Waals surface area contributed by atoms with Crippen LogP contribution in [0, 0.1) is 11.3 Å². The van der Waals surface area contributed by atoms with Crippen LogP contribution >= 0.6 is 0 Å². The molecule has 1 nitrogen and oxygen atoms in total. The second-order valence-electron chi connectivity index (χ2n) is 4.74. The van der Waals surface area contributed by atoms with Crippen molar-refractivity contribution in [3.63, 3.8) is 0 Å². The largest absolute Gasteiger partial charge is 0.316 e. The smallest absolute Gasteiger partial charge is 0.00203 e. The highest BCUT2D eigenvalue weighted by molar-refractivity contribution is 4.92. The van der Waals surface area contributed by atoms with Crippen molar-refractivity contribution in [2.24, 2.45) is 11.3 Å². The lowest BCUT2D eigenvalue weighted by atomic mass is 9.70. The van der Waals surface area contributed by atoms with E-state index in [1.165, 1.54) is 45.2 Å². The highest BCUT2D eigenvalue weighted by Gasteiger charge is 2.36. The molecule has 1 aliphatic rings. The average Bonchev–Trinajstić information content (AvgIpc) is 2.09. The van der Waals surface area contributed by atoms with Gasteiger partial charge in [-0.15, -0.1) is 0 Å². The van der Waals surface area contributed by atoms with Crippen molar-refractivity contribution in [3.05, 3.63) is 0 Å². The van der Waals surface area contributed by atoms with Crippen LogP contribution in [0.2, 0.25) is 0 Å². The molecule has 78 valence electrons. The van der Waals surface area contributed by atoms with Gasteiger partial charge < -0.3 is 5.32 Å². The van der Waals surface area contributed by atoms with E-state index >= 15 is 0 Å². The first-order valence-electron chi connectivity index (χ1n) is 5.97. The molecule has 0 aromatic rings. The Morgan fingerprint density at radius 3 is 2.08 bits per heavy atom. The van der Waals surface area contributed by atoms with Gasteiger partial charge in [0.05, 0.1) is 0 Å². The van der Waals surface area contributed by atoms with Crippen molar-refractivity contribution in [1.82, 2.24) is 5.32 Å². The summed E-state index contributed by atoms with van der Waals surface area (Å²) >= 11 is 0. The van der Waals surface area contributed by atoms with E-state index in [0.29, 0.717) is 5.41 Å². The molecule has 1 fully saturated rings. The number of nitrogens with one attached hydrogen (secondary N) is 1. The van der Waals surface area contributed by atoms with Crippen molar-refractivity contribution in [3.8, 4) is 0 Å². The minimum Gasteiger partial charge on any atom is -0.316 e. The molecule has 1 saturated heterocycles. The Hall–Kier alpha value is -0.0400. The minimum absolute atomic E-state index is 0.686. The standard InChI is InChI=1S/C12H25N/c1-4-7-12(9-13-10-12)8-11(5-2)6-3/h11,13H,4-10H2,1-3H3. The Labute approximate surface area is 83.3 Å². The molecule has 1 aliphatic heterocycles. The lowest BCUT2D eigenvalue weighted by Gasteiger charge is -2.45. The van der Waals surface area contributed by atoms with E-state index in [9.17, 15) is 0 Å². The summed E-state index contributed by atoms with van der Waals surface area (Å²) in [6.45, 7) is 9.53. The lowest BCUT2D eigenvalue weighted by Crippen LogP contribution is -2.54. The zero-order chi connectivity index (χ0) is 9.73. The van der Waals surface area contributed by atoms with Crippen LogP contribution in [0.25, 0.3) is 0 Å². The molecule has 0 amide bonds. The van der Waals surface area contributed by atoms with Crippen molar-refractivity contribution >= 4 is 0 Å². The molecular formula is C12H25N. The Kier molecular flexibility index (Phi) is 4.24. The number of rotatable bonds is 6. The van der Waals surface area contributed by atoms with Crippen molar-refractivity contribution < 1.29 is 0 Å². The third-order valence-corrected chi connectivity index (χ3v) is 3.66. The first-order chi connectivity index (χ1) is 6.26. The Morgan fingerprint density at radius 2 is 1.77 bits per heavy atom. The molecule has 0 saturated carbocycles. The SMILES string of the molecule is CCCC1(CC(CC)CC)CNC1. The topological polar surface area (TPSA) is 12.0 Å². The second-order valence-corrected chi connectivity index (χ2v) is 4.74. The highest BCUT2D eigenvalue weighted by atomic mass is 15.0. The Balaban J connectivity index is 2.37. The maximum Gasteiger partial charge on any atom is 0.00203 e. The second kappa shape index (κ2) is 4.99. The third kappa shape index (κ3) is 2.70. The number of hydrogen-bond acceptors (Lipinski definition) is 1. The maximum absolute atomic E-state index is 3.44. The predicted molar refractivity (Wildman–Crippen MR) is 58.9 cm³/mol. The molecular weight excluding hydrogens is 158 g/mol. The summed E-state index contributed by atoms with van der Waals surface area (Å²) in [6.07, 6.45) is 6.96. The summed E-state index contributed by atoms with van der Waals surface area (Å²) in [5, 5.41) is 3.44. The van der Waals surface area contributed by atoms with Gasteiger partial charge in [0.2, 0.25) is 0 Å². The summed E-state index contributed by atoms with van der Waals surface area (Å²) in [4.78, 5) is 0. The van der Waals surface area contributed by atoms with E-state index < -0.39 is 0 Å². The van der Waals surface area contributed by atoms with Crippen molar-refractivity contribution in [2.75, 3.05) is 13.1 Å². The molecule has 0 bridgehead atoms. The first kappa shape index (κ1) is 11.0. The monoisotopic (exact) mass is 183 g/mol. The van der Waals surface area contributed by atoms with Gasteiger partial charge in [-0.1, -0.05) is 40.0 Å². The van der Waals surface area contributed by atoms with Gasteiger partial charge in [0.25, 0.3) is 0 Å². The third-order valence-electron chi connectivity index (χ3n) is 3.66. The molecule has 0 unspecified atom stereocenters. The summed E-state index contributed by atoms with van der Waals surface area (Å²) in [5.41, 5.74) is 0.686. The van der Waals surface area contributed by atoms with Gasteiger partial charge >= 0.3 is 0 Å². The quantitative estimate of drug-likeness (QED) is 0.667. The molecule has 0 radical (unpaired) electrons. The van der Waals surface area contributed by atoms with E-state index in [1.807, 2.05) is 0 Å². The molecule has 0 aliphatic carbocycles. The average molecular weight is 183 g/mol. The van der Waals surface area contributed by atoms with Crippen LogP contribution in [0.4, 0.5) is 0 Å². The van der Waals surface area contributed by atoms with E-state index in [0.717, 1.165) is 5.92 Å². The Bertz CT molecular complexity index is 134. The molecule has 1 heterocycles. The lowest BCUT2D eigenvalue weighted by molar-refractivity contribution is 0.106. The van der Waals surface area contributed by atoms with Gasteiger partial charge in [-0.25, -0.2) is 0 Å². The van der Waals surface area contributed by atoms with Gasteiger partial charge in [-0.05, 0) is 24.2 Å². The van der Waals surface area contributed by atoms with Gasteiger partial charge in [0, 0.05) is 13.1 Å². The molecule has 0 aromatic heterocycles. The van der Waals surface area contributed by atoms with Gasteiger partial charge in [0.15, 0.2) is 0 Å². The van der Waals surface area contributed by atoms with Gasteiger partial charge in [-0.2, -0.15) is 0 Å². The van der Waals surface area contributed by atoms with E-state index in [4.69, 9.17) is 0 Å². The molecule has 1 N–H and O–H groups in total. The summed E-state index contributed by atoms with van der Waals surface area (Å²) in [6, 6.07) is 0. The molecule has 0 spiro atoms. The molecule has 1 rings (SSSR count). The van der Waals surface area contributed by atoms with Crippen LogP contribution in [0.3, 0.4) is 0 Å². The van der Waals surface area contributed by atoms with Gasteiger partial charge in [-0.3, -0.25) is 0 Å². The minimum atomic E-state index is 0.686. The van der Waals surface area contributed by atoms with Crippen LogP contribution in [0.5, 0.6) is 0 Å². The fourth-order valence-electron chi connectivity index (χ4n) is 2.62. The normalized spacial score (nSPS) is 20.3. The molecule has 0 aromatic carbocycles. The van der Waals surface area contributed by atoms with Crippen LogP contribution < -0.4 is 5.32 Å². The van der Waals surface area contributed by atoms with E-state index in [1.54, 1.807) is 0 Å². The molecule has 13 heavy (non-hydrogen) atoms. The van der Waals surface area contributed by atoms with Crippen LogP contribution in [0.1, 0.15) is 52.9 Å². The fourth-order valence-corrected chi connectivity index (χ4v) is 2.62. The summed E-state index contributed by atoms with van der Waals surface area (Å²) in [7, 11) is 0. The molecule has 0 atom stereocenters. The summed E-state index contributed by atoms with van der Waals surface area (Å²) in [5.74, 6) is 0.966.